The van der Waals surface area contributed by atoms with Crippen LogP contribution in [-0.4, -0.2) is 29.5 Å². The summed E-state index contributed by atoms with van der Waals surface area (Å²) in [5.74, 6) is 0.275. The molecular formula is C19H20FN5O2. The van der Waals surface area contributed by atoms with Crippen molar-refractivity contribution < 1.29 is 9.31 Å². The Hall–Kier alpha value is -3.42. The number of halogens is 1. The molecule has 140 valence electrons. The number of guanidine groups is 1. The zero-order valence-electron chi connectivity index (χ0n) is 14.8. The van der Waals surface area contributed by atoms with E-state index in [-0.39, 0.29) is 18.0 Å². The molecule has 7 nitrogen and oxygen atoms in total. The maximum Gasteiger partial charge on any atom is 0.274 e. The smallest absolute Gasteiger partial charge is 0.274 e. The minimum absolute atomic E-state index is 0.0706. The molecule has 2 aromatic carbocycles. The van der Waals surface area contributed by atoms with Crippen molar-refractivity contribution in [2.24, 2.45) is 4.99 Å². The van der Waals surface area contributed by atoms with Crippen molar-refractivity contribution >= 4 is 22.5 Å². The van der Waals surface area contributed by atoms with Crippen LogP contribution in [-0.2, 0) is 13.0 Å². The van der Waals surface area contributed by atoms with Crippen molar-refractivity contribution in [2.75, 3.05) is 13.6 Å². The molecule has 0 unspecified atom stereocenters. The predicted octanol–water partition coefficient (Wildman–Crippen LogP) is 3.12. The highest BCUT2D eigenvalue weighted by Gasteiger charge is 2.12. The van der Waals surface area contributed by atoms with Crippen LogP contribution in [0.2, 0.25) is 0 Å². The van der Waals surface area contributed by atoms with Crippen molar-refractivity contribution in [1.29, 1.82) is 0 Å². The number of nitrogens with one attached hydrogen (secondary N) is 3. The van der Waals surface area contributed by atoms with Crippen LogP contribution in [0.1, 0.15) is 11.1 Å². The van der Waals surface area contributed by atoms with E-state index >= 15 is 0 Å². The van der Waals surface area contributed by atoms with Crippen molar-refractivity contribution in [3.05, 3.63) is 75.7 Å². The summed E-state index contributed by atoms with van der Waals surface area (Å²) in [4.78, 5) is 17.9. The van der Waals surface area contributed by atoms with Crippen molar-refractivity contribution in [2.45, 2.75) is 13.0 Å². The first-order valence-electron chi connectivity index (χ1n) is 8.51. The minimum Gasteiger partial charge on any atom is -0.361 e. The molecule has 27 heavy (non-hydrogen) atoms. The molecule has 0 aliphatic heterocycles. The number of nitrogens with zero attached hydrogens (tertiary/aromatic N) is 2. The van der Waals surface area contributed by atoms with Crippen LogP contribution >= 0.6 is 0 Å². The second kappa shape index (κ2) is 8.31. The first kappa shape index (κ1) is 18.4. The van der Waals surface area contributed by atoms with Gasteiger partial charge in [-0.15, -0.1) is 0 Å². The first-order valence-corrected chi connectivity index (χ1v) is 8.51. The Labute approximate surface area is 155 Å². The number of H-pyrrole nitrogens is 1. The van der Waals surface area contributed by atoms with Gasteiger partial charge < -0.3 is 15.6 Å². The van der Waals surface area contributed by atoms with Gasteiger partial charge in [0.25, 0.3) is 5.69 Å². The monoisotopic (exact) mass is 369 g/mol. The lowest BCUT2D eigenvalue weighted by Gasteiger charge is -2.12. The summed E-state index contributed by atoms with van der Waals surface area (Å²) >= 11 is 0. The molecule has 0 fully saturated rings. The van der Waals surface area contributed by atoms with Crippen LogP contribution in [0.3, 0.4) is 0 Å². The first-order chi connectivity index (χ1) is 13.1. The number of hydrogen-bond donors (Lipinski definition) is 3. The fourth-order valence-corrected chi connectivity index (χ4v) is 2.91. The molecule has 0 aliphatic carbocycles. The Morgan fingerprint density at radius 2 is 2.04 bits per heavy atom. The van der Waals surface area contributed by atoms with E-state index in [1.54, 1.807) is 31.3 Å². The Morgan fingerprint density at radius 1 is 1.22 bits per heavy atom. The highest BCUT2D eigenvalue weighted by atomic mass is 19.1. The summed E-state index contributed by atoms with van der Waals surface area (Å²) in [6, 6.07) is 11.2. The van der Waals surface area contributed by atoms with Gasteiger partial charge in [-0.2, -0.15) is 0 Å². The predicted molar refractivity (Wildman–Crippen MR) is 103 cm³/mol. The third-order valence-corrected chi connectivity index (χ3v) is 4.27. The van der Waals surface area contributed by atoms with E-state index in [0.29, 0.717) is 24.5 Å². The third kappa shape index (κ3) is 4.41. The summed E-state index contributed by atoms with van der Waals surface area (Å²) in [6.07, 6.45) is 2.55. The molecule has 3 rings (SSSR count). The van der Waals surface area contributed by atoms with Gasteiger partial charge in [0.1, 0.15) is 5.82 Å². The highest BCUT2D eigenvalue weighted by Crippen LogP contribution is 2.19. The van der Waals surface area contributed by atoms with E-state index in [1.807, 2.05) is 6.20 Å². The number of aromatic nitrogens is 1. The summed E-state index contributed by atoms with van der Waals surface area (Å²) in [5, 5.41) is 18.2. The highest BCUT2D eigenvalue weighted by molar-refractivity contribution is 5.83. The number of nitro groups is 1. The molecule has 1 heterocycles. The van der Waals surface area contributed by atoms with Gasteiger partial charge in [0, 0.05) is 48.9 Å². The molecule has 0 bridgehead atoms. The molecule has 0 saturated heterocycles. The van der Waals surface area contributed by atoms with Crippen molar-refractivity contribution in [3.63, 3.8) is 0 Å². The number of benzene rings is 2. The summed E-state index contributed by atoms with van der Waals surface area (Å²) in [6.45, 7) is 0.870. The normalized spacial score (nSPS) is 11.6. The largest absolute Gasteiger partial charge is 0.361 e. The van der Waals surface area contributed by atoms with Crippen molar-refractivity contribution in [1.82, 2.24) is 15.6 Å². The van der Waals surface area contributed by atoms with E-state index in [0.717, 1.165) is 16.5 Å². The van der Waals surface area contributed by atoms with Gasteiger partial charge in [-0.1, -0.05) is 18.2 Å². The maximum atomic E-state index is 13.4. The zero-order chi connectivity index (χ0) is 19.2. The second-order valence-electron chi connectivity index (χ2n) is 5.99. The molecule has 1 aromatic heterocycles. The number of aromatic amines is 1. The summed E-state index contributed by atoms with van der Waals surface area (Å²) in [5.41, 5.74) is 2.55. The number of rotatable bonds is 6. The van der Waals surface area contributed by atoms with Crippen molar-refractivity contribution in [3.8, 4) is 0 Å². The van der Waals surface area contributed by atoms with Crippen LogP contribution in [0.4, 0.5) is 10.1 Å². The molecule has 0 saturated carbocycles. The average molecular weight is 369 g/mol. The molecule has 8 heteroatoms. The second-order valence-corrected chi connectivity index (χ2v) is 5.99. The molecule has 0 atom stereocenters. The van der Waals surface area contributed by atoms with Crippen LogP contribution in [0.15, 0.2) is 53.7 Å². The average Bonchev–Trinajstić information content (AvgIpc) is 3.06. The Kier molecular flexibility index (Phi) is 5.65. The number of hydrogen-bond acceptors (Lipinski definition) is 3. The SMILES string of the molecule is CN=C(NCCc1c[nH]c2ccc(F)cc12)NCc1ccccc1[N+](=O)[O-]. The van der Waals surface area contributed by atoms with Crippen LogP contribution < -0.4 is 10.6 Å². The number of para-hydroxylation sites is 1. The van der Waals surface area contributed by atoms with Gasteiger partial charge in [0.15, 0.2) is 5.96 Å². The Morgan fingerprint density at radius 3 is 2.81 bits per heavy atom. The van der Waals surface area contributed by atoms with E-state index in [9.17, 15) is 14.5 Å². The van der Waals surface area contributed by atoms with Gasteiger partial charge in [-0.25, -0.2) is 4.39 Å². The summed E-state index contributed by atoms with van der Waals surface area (Å²) < 4.78 is 13.4. The van der Waals surface area contributed by atoms with Gasteiger partial charge in [-0.3, -0.25) is 15.1 Å². The van der Waals surface area contributed by atoms with Gasteiger partial charge in [0.05, 0.1) is 4.92 Å². The fraction of sp³-hybridized carbons (Fsp3) is 0.211. The molecule has 3 N–H and O–H groups in total. The molecule has 0 aliphatic rings. The number of nitro benzene ring substituents is 1. The third-order valence-electron chi connectivity index (χ3n) is 4.27. The Bertz CT molecular complexity index is 983. The van der Waals surface area contributed by atoms with Gasteiger partial charge in [-0.05, 0) is 30.2 Å². The standard InChI is InChI=1S/C19H20FN5O2/c1-21-19(24-12-14-4-2-3-5-18(14)25(26)27)22-9-8-13-11-23-17-7-6-15(20)10-16(13)17/h2-7,10-11,23H,8-9,12H2,1H3,(H2,21,22,24). The fourth-order valence-electron chi connectivity index (χ4n) is 2.91. The van der Waals surface area contributed by atoms with E-state index in [4.69, 9.17) is 0 Å². The zero-order valence-corrected chi connectivity index (χ0v) is 14.8. The minimum atomic E-state index is -0.399. The number of aliphatic imine (C=N–C) groups is 1. The van der Waals surface area contributed by atoms with Crippen LogP contribution in [0.25, 0.3) is 10.9 Å². The maximum absolute atomic E-state index is 13.4. The molecule has 0 radical (unpaired) electrons. The van der Waals surface area contributed by atoms with E-state index < -0.39 is 4.92 Å². The topological polar surface area (TPSA) is 95.3 Å². The molecule has 0 spiro atoms. The van der Waals surface area contributed by atoms with Gasteiger partial charge >= 0.3 is 0 Å². The Balaban J connectivity index is 1.57. The molecule has 3 aromatic rings. The van der Waals surface area contributed by atoms with E-state index in [1.165, 1.54) is 18.2 Å². The molecular weight excluding hydrogens is 349 g/mol. The molecule has 0 amide bonds. The van der Waals surface area contributed by atoms with Crippen LogP contribution in [0.5, 0.6) is 0 Å². The van der Waals surface area contributed by atoms with Gasteiger partial charge in [0.2, 0.25) is 0 Å². The quantitative estimate of drug-likeness (QED) is 0.269. The number of fused-ring (bicyclic) bond motifs is 1. The van der Waals surface area contributed by atoms with E-state index in [2.05, 4.69) is 20.6 Å². The summed E-state index contributed by atoms with van der Waals surface area (Å²) in [7, 11) is 1.63. The van der Waals surface area contributed by atoms with Crippen LogP contribution in [0, 0.1) is 15.9 Å². The lowest BCUT2D eigenvalue weighted by Crippen LogP contribution is -2.37. The lowest BCUT2D eigenvalue weighted by molar-refractivity contribution is -0.385. The lowest BCUT2D eigenvalue weighted by atomic mass is 10.1.